The third-order valence-corrected chi connectivity index (χ3v) is 6.33. The zero-order valence-electron chi connectivity index (χ0n) is 10.7. The van der Waals surface area contributed by atoms with Crippen LogP contribution in [-0.2, 0) is 11.8 Å². The first-order valence-electron chi connectivity index (χ1n) is 5.81. The number of hydrogen-bond acceptors (Lipinski definition) is 3. The van der Waals surface area contributed by atoms with Gasteiger partial charge in [-0.2, -0.15) is 0 Å². The molecule has 2 aromatic carbocycles. The number of benzene rings is 2. The minimum absolute atomic E-state index is 0.648. The van der Waals surface area contributed by atoms with Gasteiger partial charge in [-0.15, -0.1) is 0 Å². The summed E-state index contributed by atoms with van der Waals surface area (Å²) >= 11 is 6.47. The van der Waals surface area contributed by atoms with Gasteiger partial charge in [0.15, 0.2) is 0 Å². The van der Waals surface area contributed by atoms with E-state index in [1.165, 1.54) is 11.4 Å². The first-order chi connectivity index (χ1) is 8.98. The summed E-state index contributed by atoms with van der Waals surface area (Å²) in [6, 6.07) is 15.4. The lowest BCUT2D eigenvalue weighted by molar-refractivity contribution is 0.502. The predicted octanol–water partition coefficient (Wildman–Crippen LogP) is 4.69. The largest absolute Gasteiger partial charge is 0.436 e. The predicted molar refractivity (Wildman–Crippen MR) is 85.3 cm³/mol. The summed E-state index contributed by atoms with van der Waals surface area (Å²) in [5, 5.41) is 0. The summed E-state index contributed by atoms with van der Waals surface area (Å²) in [4.78, 5) is 11.3. The van der Waals surface area contributed by atoms with E-state index in [2.05, 4.69) is 0 Å². The maximum atomic E-state index is 10.3. The Hall–Kier alpha value is -0.800. The molecule has 2 nitrogen and oxygen atoms in total. The fourth-order valence-electron chi connectivity index (χ4n) is 1.58. The van der Waals surface area contributed by atoms with Gasteiger partial charge in [-0.1, -0.05) is 36.4 Å². The summed E-state index contributed by atoms with van der Waals surface area (Å²) in [5.41, 5.74) is -0.884. The Morgan fingerprint density at radius 2 is 1.58 bits per heavy atom. The van der Waals surface area contributed by atoms with Crippen LogP contribution in [0.15, 0.2) is 53.4 Å². The number of aryl methyl sites for hydroxylation is 2. The summed E-state index contributed by atoms with van der Waals surface area (Å²) in [5.74, 6) is 0.648. The van der Waals surface area contributed by atoms with Crippen molar-refractivity contribution in [2.45, 2.75) is 18.7 Å². The molecule has 19 heavy (non-hydrogen) atoms. The maximum absolute atomic E-state index is 10.3. The van der Waals surface area contributed by atoms with Crippen LogP contribution in [0.1, 0.15) is 11.1 Å². The molecule has 0 bridgehead atoms. The monoisotopic (exact) mass is 310 g/mol. The van der Waals surface area contributed by atoms with Crippen molar-refractivity contribution in [3.8, 4) is 5.75 Å². The second-order valence-corrected chi connectivity index (χ2v) is 10.1. The first-order valence-corrected chi connectivity index (χ1v) is 9.91. The van der Waals surface area contributed by atoms with Gasteiger partial charge in [-0.25, -0.2) is 0 Å². The molecular formula is C14H15O2PS2. The number of rotatable bonds is 4. The second kappa shape index (κ2) is 6.10. The molecule has 1 N–H and O–H groups in total. The third kappa shape index (κ3) is 4.08. The minimum atomic E-state index is -2.94. The van der Waals surface area contributed by atoms with Gasteiger partial charge in [0.1, 0.15) is 5.75 Å². The molecule has 0 amide bonds. The van der Waals surface area contributed by atoms with E-state index < -0.39 is 5.69 Å². The Morgan fingerprint density at radius 3 is 2.21 bits per heavy atom. The smallest absolute Gasteiger partial charge is 0.299 e. The fourth-order valence-corrected chi connectivity index (χ4v) is 5.35. The quantitative estimate of drug-likeness (QED) is 0.830. The fraction of sp³-hybridized carbons (Fsp3) is 0.143. The molecule has 0 radical (unpaired) electrons. The lowest BCUT2D eigenvalue weighted by Crippen LogP contribution is -1.91. The molecule has 0 fully saturated rings. The molecule has 0 aliphatic carbocycles. The number of hydrogen-bond donors (Lipinski definition) is 1. The number of para-hydroxylation sites is 1. The molecular weight excluding hydrogens is 295 g/mol. The maximum Gasteiger partial charge on any atom is 0.299 e. The van der Waals surface area contributed by atoms with Crippen LogP contribution in [0, 0.1) is 13.8 Å². The standard InChI is InChI=1S/C14H15O2PS2/c1-11-7-3-5-9-13(11)16-17(15,18)19-14-10-6-4-8-12(14)2/h3-10H,1-2H3,(H,15,18). The van der Waals surface area contributed by atoms with Gasteiger partial charge >= 0.3 is 0 Å². The van der Waals surface area contributed by atoms with E-state index in [-0.39, 0.29) is 0 Å². The molecule has 1 atom stereocenters. The van der Waals surface area contributed by atoms with Crippen molar-refractivity contribution in [1.29, 1.82) is 0 Å². The van der Waals surface area contributed by atoms with Crippen molar-refractivity contribution in [3.05, 3.63) is 59.7 Å². The van der Waals surface area contributed by atoms with Gasteiger partial charge in [-0.05, 0) is 60.3 Å². The van der Waals surface area contributed by atoms with Gasteiger partial charge in [-0.3, -0.25) is 0 Å². The van der Waals surface area contributed by atoms with Crippen LogP contribution in [0.2, 0.25) is 0 Å². The van der Waals surface area contributed by atoms with Gasteiger partial charge in [0.2, 0.25) is 0 Å². The molecule has 100 valence electrons. The molecule has 0 spiro atoms. The molecule has 0 saturated heterocycles. The van der Waals surface area contributed by atoms with Crippen molar-refractivity contribution in [2.24, 2.45) is 0 Å². The molecule has 1 unspecified atom stereocenters. The van der Waals surface area contributed by atoms with E-state index in [9.17, 15) is 4.89 Å². The highest BCUT2D eigenvalue weighted by Gasteiger charge is 2.19. The van der Waals surface area contributed by atoms with Crippen LogP contribution >= 0.6 is 17.1 Å². The molecule has 2 aromatic rings. The van der Waals surface area contributed by atoms with Crippen LogP contribution in [0.5, 0.6) is 5.75 Å². The van der Waals surface area contributed by atoms with E-state index >= 15 is 0 Å². The van der Waals surface area contributed by atoms with Gasteiger partial charge in [0.05, 0.1) is 0 Å². The topological polar surface area (TPSA) is 29.5 Å². The summed E-state index contributed by atoms with van der Waals surface area (Å²) in [6.07, 6.45) is 0. The average Bonchev–Trinajstić information content (AvgIpc) is 2.35. The molecule has 0 aliphatic rings. The van der Waals surface area contributed by atoms with Crippen LogP contribution in [0.25, 0.3) is 0 Å². The molecule has 0 aromatic heterocycles. The normalized spacial score (nSPS) is 13.8. The van der Waals surface area contributed by atoms with Gasteiger partial charge < -0.3 is 9.42 Å². The zero-order valence-corrected chi connectivity index (χ0v) is 13.3. The zero-order chi connectivity index (χ0) is 13.9. The Kier molecular flexibility index (Phi) is 4.69. The van der Waals surface area contributed by atoms with Crippen LogP contribution in [0.4, 0.5) is 0 Å². The molecule has 2 rings (SSSR count). The third-order valence-electron chi connectivity index (χ3n) is 2.61. The highest BCUT2D eigenvalue weighted by Crippen LogP contribution is 2.59. The van der Waals surface area contributed by atoms with Crippen molar-refractivity contribution in [1.82, 2.24) is 0 Å². The van der Waals surface area contributed by atoms with Crippen LogP contribution < -0.4 is 4.52 Å². The molecule has 5 heteroatoms. The minimum Gasteiger partial charge on any atom is -0.436 e. The van der Waals surface area contributed by atoms with E-state index in [0.717, 1.165) is 16.0 Å². The second-order valence-electron chi connectivity index (χ2n) is 4.18. The Morgan fingerprint density at radius 1 is 1.00 bits per heavy atom. The lowest BCUT2D eigenvalue weighted by Gasteiger charge is -2.18. The average molecular weight is 310 g/mol. The summed E-state index contributed by atoms with van der Waals surface area (Å²) < 4.78 is 5.64. The highest BCUT2D eigenvalue weighted by molar-refractivity contribution is 8.67. The van der Waals surface area contributed by atoms with E-state index in [0.29, 0.717) is 5.75 Å². The van der Waals surface area contributed by atoms with Crippen LogP contribution in [-0.4, -0.2) is 4.89 Å². The van der Waals surface area contributed by atoms with Gasteiger partial charge in [0.25, 0.3) is 5.69 Å². The van der Waals surface area contributed by atoms with E-state index in [4.69, 9.17) is 16.3 Å². The van der Waals surface area contributed by atoms with E-state index in [1.54, 1.807) is 0 Å². The van der Waals surface area contributed by atoms with Crippen molar-refractivity contribution in [2.75, 3.05) is 0 Å². The summed E-state index contributed by atoms with van der Waals surface area (Å²) in [7, 11) is 0. The molecule has 0 heterocycles. The molecule has 0 aliphatic heterocycles. The Labute approximate surface area is 122 Å². The summed E-state index contributed by atoms with van der Waals surface area (Å²) in [6.45, 7) is 3.93. The lowest BCUT2D eigenvalue weighted by atomic mass is 10.2. The van der Waals surface area contributed by atoms with Crippen molar-refractivity contribution in [3.63, 3.8) is 0 Å². The highest BCUT2D eigenvalue weighted by atomic mass is 32.9. The van der Waals surface area contributed by atoms with Crippen LogP contribution in [0.3, 0.4) is 0 Å². The Balaban J connectivity index is 2.18. The molecule has 0 saturated carbocycles. The van der Waals surface area contributed by atoms with Gasteiger partial charge in [0, 0.05) is 4.90 Å². The van der Waals surface area contributed by atoms with Crippen molar-refractivity contribution >= 4 is 28.9 Å². The van der Waals surface area contributed by atoms with Crippen molar-refractivity contribution < 1.29 is 9.42 Å². The van der Waals surface area contributed by atoms with E-state index in [1.807, 2.05) is 62.4 Å². The Bertz CT molecular complexity index is 577. The SMILES string of the molecule is Cc1ccccc1OP(O)(=S)Sc1ccccc1C. The first kappa shape index (κ1) is 14.6.